The molecule has 4 heteroatoms. The number of hydrogen-bond acceptors (Lipinski definition) is 3. The summed E-state index contributed by atoms with van der Waals surface area (Å²) >= 11 is 1.99. The smallest absolute Gasteiger partial charge is 0.178 e. The Morgan fingerprint density at radius 3 is 2.79 bits per heavy atom. The van der Waals surface area contributed by atoms with Crippen LogP contribution < -0.4 is 0 Å². The van der Waals surface area contributed by atoms with Crippen molar-refractivity contribution in [2.45, 2.75) is 39.8 Å². The van der Waals surface area contributed by atoms with Gasteiger partial charge in [0.25, 0.3) is 0 Å². The maximum atomic E-state index is 12.5. The van der Waals surface area contributed by atoms with Crippen molar-refractivity contribution in [3.63, 3.8) is 0 Å². The highest BCUT2D eigenvalue weighted by Crippen LogP contribution is 2.22. The lowest BCUT2D eigenvalue weighted by molar-refractivity contribution is 0.0926. The van der Waals surface area contributed by atoms with Crippen LogP contribution in [0.5, 0.6) is 0 Å². The standard InChI is InChI=1S/C15H24N2OS/c1-5-17-11(2)8-14(12(17)3)15(18)9-16(4)13-6-7-19-10-13/h8,13H,5-7,9-10H2,1-4H3. The molecule has 106 valence electrons. The Morgan fingerprint density at radius 2 is 2.26 bits per heavy atom. The molecule has 1 aliphatic rings. The molecule has 1 unspecified atom stereocenters. The largest absolute Gasteiger partial charge is 0.349 e. The fourth-order valence-electron chi connectivity index (χ4n) is 2.88. The number of aromatic nitrogens is 1. The monoisotopic (exact) mass is 280 g/mol. The fourth-order valence-corrected chi connectivity index (χ4v) is 4.18. The van der Waals surface area contributed by atoms with Gasteiger partial charge in [0.1, 0.15) is 0 Å². The molecule has 0 bridgehead atoms. The van der Waals surface area contributed by atoms with Crippen LogP contribution in [-0.2, 0) is 6.54 Å². The Kier molecular flexibility index (Phi) is 4.74. The lowest BCUT2D eigenvalue weighted by Crippen LogP contribution is -2.35. The van der Waals surface area contributed by atoms with E-state index in [-0.39, 0.29) is 5.78 Å². The van der Waals surface area contributed by atoms with Gasteiger partial charge in [0, 0.05) is 35.3 Å². The van der Waals surface area contributed by atoms with Crippen LogP contribution in [0.1, 0.15) is 35.1 Å². The van der Waals surface area contributed by atoms with Crippen molar-refractivity contribution >= 4 is 17.5 Å². The van der Waals surface area contributed by atoms with Crippen LogP contribution in [0, 0.1) is 13.8 Å². The van der Waals surface area contributed by atoms with E-state index in [1.54, 1.807) is 0 Å². The second kappa shape index (κ2) is 6.14. The van der Waals surface area contributed by atoms with E-state index >= 15 is 0 Å². The first-order chi connectivity index (χ1) is 9.04. The minimum atomic E-state index is 0.257. The normalized spacial score (nSPS) is 19.3. The van der Waals surface area contributed by atoms with Gasteiger partial charge in [-0.05, 0) is 46.1 Å². The molecule has 2 heterocycles. The molecule has 1 fully saturated rings. The Morgan fingerprint density at radius 1 is 1.53 bits per heavy atom. The summed E-state index contributed by atoms with van der Waals surface area (Å²) in [6.07, 6.45) is 1.21. The number of carbonyl (C=O) groups is 1. The molecule has 1 aromatic rings. The number of rotatable bonds is 5. The molecule has 1 atom stereocenters. The van der Waals surface area contributed by atoms with Gasteiger partial charge in [-0.2, -0.15) is 11.8 Å². The van der Waals surface area contributed by atoms with Crippen molar-refractivity contribution < 1.29 is 4.79 Å². The van der Waals surface area contributed by atoms with Crippen molar-refractivity contribution in [3.05, 3.63) is 23.0 Å². The number of carbonyl (C=O) groups excluding carboxylic acids is 1. The number of nitrogens with zero attached hydrogens (tertiary/aromatic N) is 2. The van der Waals surface area contributed by atoms with Crippen LogP contribution in [0.25, 0.3) is 0 Å². The molecule has 0 radical (unpaired) electrons. The van der Waals surface area contributed by atoms with E-state index in [2.05, 4.69) is 37.3 Å². The molecule has 0 aliphatic carbocycles. The summed E-state index contributed by atoms with van der Waals surface area (Å²) in [5.41, 5.74) is 3.19. The van der Waals surface area contributed by atoms with Gasteiger partial charge in [-0.15, -0.1) is 0 Å². The van der Waals surface area contributed by atoms with Crippen molar-refractivity contribution in [1.82, 2.24) is 9.47 Å². The number of ketones is 1. The number of Topliss-reactive ketones (excluding diaryl/α,β-unsaturated/α-hetero) is 1. The molecule has 3 nitrogen and oxygen atoms in total. The van der Waals surface area contributed by atoms with E-state index in [0.29, 0.717) is 12.6 Å². The molecule has 0 N–H and O–H groups in total. The van der Waals surface area contributed by atoms with Gasteiger partial charge >= 0.3 is 0 Å². The predicted octanol–water partition coefficient (Wildman–Crippen LogP) is 2.74. The van der Waals surface area contributed by atoms with E-state index in [4.69, 9.17) is 0 Å². The van der Waals surface area contributed by atoms with Crippen LogP contribution in [0.4, 0.5) is 0 Å². The van der Waals surface area contributed by atoms with Crippen LogP contribution in [0.15, 0.2) is 6.07 Å². The van der Waals surface area contributed by atoms with Gasteiger partial charge in [0.2, 0.25) is 0 Å². The summed E-state index contributed by atoms with van der Waals surface area (Å²) in [7, 11) is 2.08. The second-order valence-corrected chi connectivity index (χ2v) is 6.53. The molecule has 0 spiro atoms. The molecule has 2 rings (SSSR count). The molecule has 0 saturated carbocycles. The van der Waals surface area contributed by atoms with E-state index in [0.717, 1.165) is 23.6 Å². The number of aryl methyl sites for hydroxylation is 1. The molecular formula is C15H24N2OS. The Hall–Kier alpha value is -0.740. The van der Waals surface area contributed by atoms with Crippen LogP contribution in [0.3, 0.4) is 0 Å². The first-order valence-electron chi connectivity index (χ1n) is 7.02. The first kappa shape index (κ1) is 14.7. The number of thioether (sulfide) groups is 1. The van der Waals surface area contributed by atoms with Crippen molar-refractivity contribution in [3.8, 4) is 0 Å². The lowest BCUT2D eigenvalue weighted by Gasteiger charge is -2.22. The number of likely N-dealkylation sites (N-methyl/N-ethyl adjacent to an activating group) is 1. The van der Waals surface area contributed by atoms with Crippen molar-refractivity contribution in [2.24, 2.45) is 0 Å². The Bertz CT molecular complexity index is 461. The highest BCUT2D eigenvalue weighted by Gasteiger charge is 2.23. The Labute approximate surface area is 120 Å². The minimum absolute atomic E-state index is 0.257. The highest BCUT2D eigenvalue weighted by molar-refractivity contribution is 7.99. The SMILES string of the molecule is CCn1c(C)cc(C(=O)CN(C)C2CCSC2)c1C. The third kappa shape index (κ3) is 3.06. The summed E-state index contributed by atoms with van der Waals surface area (Å²) < 4.78 is 2.21. The fraction of sp³-hybridized carbons (Fsp3) is 0.667. The van der Waals surface area contributed by atoms with Crippen molar-refractivity contribution in [1.29, 1.82) is 0 Å². The second-order valence-electron chi connectivity index (χ2n) is 5.38. The average Bonchev–Trinajstić information content (AvgIpc) is 2.97. The van der Waals surface area contributed by atoms with Gasteiger partial charge < -0.3 is 4.57 Å². The highest BCUT2D eigenvalue weighted by atomic mass is 32.2. The zero-order valence-corrected chi connectivity index (χ0v) is 13.2. The average molecular weight is 280 g/mol. The molecule has 1 saturated heterocycles. The molecule has 1 aliphatic heterocycles. The molecular weight excluding hydrogens is 256 g/mol. The lowest BCUT2D eigenvalue weighted by atomic mass is 10.1. The van der Waals surface area contributed by atoms with E-state index < -0.39 is 0 Å². The van der Waals surface area contributed by atoms with Gasteiger partial charge in [-0.3, -0.25) is 9.69 Å². The topological polar surface area (TPSA) is 25.2 Å². The maximum absolute atomic E-state index is 12.5. The third-order valence-electron chi connectivity index (χ3n) is 4.11. The molecule has 0 amide bonds. The Balaban J connectivity index is 2.07. The van der Waals surface area contributed by atoms with Gasteiger partial charge in [0.15, 0.2) is 5.78 Å². The maximum Gasteiger partial charge on any atom is 0.178 e. The van der Waals surface area contributed by atoms with E-state index in [9.17, 15) is 4.79 Å². The first-order valence-corrected chi connectivity index (χ1v) is 8.18. The summed E-state index contributed by atoms with van der Waals surface area (Å²) in [6, 6.07) is 2.61. The van der Waals surface area contributed by atoms with Crippen LogP contribution in [-0.4, -0.2) is 46.4 Å². The van der Waals surface area contributed by atoms with Gasteiger partial charge in [-0.25, -0.2) is 0 Å². The minimum Gasteiger partial charge on any atom is -0.349 e. The zero-order chi connectivity index (χ0) is 14.0. The predicted molar refractivity (Wildman–Crippen MR) is 82.3 cm³/mol. The molecule has 19 heavy (non-hydrogen) atoms. The van der Waals surface area contributed by atoms with Gasteiger partial charge in [0.05, 0.1) is 6.54 Å². The molecule has 0 aromatic carbocycles. The summed E-state index contributed by atoms with van der Waals surface area (Å²) in [5, 5.41) is 0. The number of hydrogen-bond donors (Lipinski definition) is 0. The quantitative estimate of drug-likeness (QED) is 0.776. The van der Waals surface area contributed by atoms with E-state index in [1.807, 2.05) is 17.8 Å². The summed E-state index contributed by atoms with van der Waals surface area (Å²) in [5.74, 6) is 2.65. The zero-order valence-electron chi connectivity index (χ0n) is 12.4. The van der Waals surface area contributed by atoms with Crippen LogP contribution >= 0.6 is 11.8 Å². The summed E-state index contributed by atoms with van der Waals surface area (Å²) in [4.78, 5) is 14.7. The van der Waals surface area contributed by atoms with Crippen molar-refractivity contribution in [2.75, 3.05) is 25.1 Å². The van der Waals surface area contributed by atoms with Gasteiger partial charge in [-0.1, -0.05) is 0 Å². The third-order valence-corrected chi connectivity index (χ3v) is 5.26. The summed E-state index contributed by atoms with van der Waals surface area (Å²) in [6.45, 7) is 7.72. The molecule has 1 aromatic heterocycles. The van der Waals surface area contributed by atoms with E-state index in [1.165, 1.54) is 17.9 Å². The van der Waals surface area contributed by atoms with Crippen LogP contribution in [0.2, 0.25) is 0 Å².